The number of nitrogens with zero attached hydrogens (tertiary/aromatic N) is 1. The van der Waals surface area contributed by atoms with Gasteiger partial charge in [-0.05, 0) is 12.1 Å². The molecule has 0 bridgehead atoms. The van der Waals surface area contributed by atoms with Gasteiger partial charge >= 0.3 is 0 Å². The van der Waals surface area contributed by atoms with Crippen molar-refractivity contribution >= 4 is 17.5 Å². The van der Waals surface area contributed by atoms with E-state index >= 15 is 0 Å². The molecular weight excluding hydrogens is 170 g/mol. The maximum atomic E-state index is 10.9. The van der Waals surface area contributed by atoms with Crippen LogP contribution >= 0.6 is 0 Å². The summed E-state index contributed by atoms with van der Waals surface area (Å²) in [6.07, 6.45) is 0. The minimum Gasteiger partial charge on any atom is -0.480 e. The summed E-state index contributed by atoms with van der Waals surface area (Å²) in [5, 5.41) is 5.49. The molecule has 1 aromatic rings. The quantitative estimate of drug-likeness (QED) is 0.657. The molecule has 1 amide bonds. The fraction of sp³-hybridized carbons (Fsp3) is 0.250. The van der Waals surface area contributed by atoms with Crippen molar-refractivity contribution in [2.24, 2.45) is 0 Å². The monoisotopic (exact) mass is 179 g/mol. The van der Waals surface area contributed by atoms with Crippen LogP contribution in [-0.2, 0) is 4.79 Å². The normalized spacial score (nSPS) is 14.1. The van der Waals surface area contributed by atoms with E-state index in [2.05, 4.69) is 15.6 Å². The fourth-order valence-electron chi connectivity index (χ4n) is 1.10. The summed E-state index contributed by atoms with van der Waals surface area (Å²) in [6.45, 7) is 0.0631. The molecule has 1 aliphatic rings. The third-order valence-corrected chi connectivity index (χ3v) is 1.73. The van der Waals surface area contributed by atoms with Crippen LogP contribution in [0.4, 0.5) is 11.6 Å². The van der Waals surface area contributed by atoms with Gasteiger partial charge in [-0.15, -0.1) is 0 Å². The zero-order valence-electron chi connectivity index (χ0n) is 7.13. The number of pyridine rings is 1. The number of nitrogens with one attached hydrogen (secondary N) is 2. The Morgan fingerprint density at radius 2 is 2.46 bits per heavy atom. The van der Waals surface area contributed by atoms with Crippen molar-refractivity contribution in [2.45, 2.75) is 0 Å². The molecule has 2 N–H and O–H groups in total. The maximum absolute atomic E-state index is 10.9. The van der Waals surface area contributed by atoms with Gasteiger partial charge in [0.15, 0.2) is 18.2 Å². The van der Waals surface area contributed by atoms with Crippen LogP contribution in [0.5, 0.6) is 5.75 Å². The molecule has 2 heterocycles. The summed E-state index contributed by atoms with van der Waals surface area (Å²) >= 11 is 0. The zero-order chi connectivity index (χ0) is 9.26. The average Bonchev–Trinajstić information content (AvgIpc) is 2.16. The van der Waals surface area contributed by atoms with Gasteiger partial charge in [-0.3, -0.25) is 4.79 Å². The van der Waals surface area contributed by atoms with Crippen LogP contribution in [0, 0.1) is 0 Å². The molecule has 0 fully saturated rings. The molecule has 0 saturated heterocycles. The first-order valence-corrected chi connectivity index (χ1v) is 3.91. The van der Waals surface area contributed by atoms with Gasteiger partial charge in [-0.1, -0.05) is 0 Å². The Kier molecular flexibility index (Phi) is 1.77. The molecule has 2 rings (SSSR count). The summed E-state index contributed by atoms with van der Waals surface area (Å²) < 4.78 is 5.13. The van der Waals surface area contributed by atoms with Crippen molar-refractivity contribution in [1.29, 1.82) is 0 Å². The molecule has 1 aromatic heterocycles. The van der Waals surface area contributed by atoms with E-state index in [4.69, 9.17) is 4.74 Å². The van der Waals surface area contributed by atoms with Crippen molar-refractivity contribution in [3.63, 3.8) is 0 Å². The third kappa shape index (κ3) is 1.40. The Bertz CT molecular complexity index is 351. The number of carbonyl (C=O) groups excluding carboxylic acids is 1. The van der Waals surface area contributed by atoms with E-state index < -0.39 is 0 Å². The molecule has 1 aliphatic heterocycles. The molecular formula is C8H9N3O2. The molecule has 0 unspecified atom stereocenters. The lowest BCUT2D eigenvalue weighted by Crippen LogP contribution is -2.26. The second-order valence-corrected chi connectivity index (χ2v) is 2.63. The number of carbonyl (C=O) groups is 1. The molecule has 5 heteroatoms. The number of hydrogen-bond acceptors (Lipinski definition) is 4. The molecule has 0 saturated carbocycles. The van der Waals surface area contributed by atoms with Crippen LogP contribution in [0.3, 0.4) is 0 Å². The second-order valence-electron chi connectivity index (χ2n) is 2.63. The highest BCUT2D eigenvalue weighted by Gasteiger charge is 2.16. The number of fused-ring (bicyclic) bond motifs is 1. The van der Waals surface area contributed by atoms with Gasteiger partial charge < -0.3 is 15.4 Å². The number of ether oxygens (including phenoxy) is 1. The highest BCUT2D eigenvalue weighted by atomic mass is 16.5. The van der Waals surface area contributed by atoms with Gasteiger partial charge in [0.25, 0.3) is 5.91 Å². The number of rotatable bonds is 1. The molecule has 5 nitrogen and oxygen atoms in total. The van der Waals surface area contributed by atoms with Gasteiger partial charge in [0, 0.05) is 7.05 Å². The Labute approximate surface area is 75.1 Å². The van der Waals surface area contributed by atoms with E-state index in [1.54, 1.807) is 19.2 Å². The first-order valence-electron chi connectivity index (χ1n) is 3.91. The lowest BCUT2D eigenvalue weighted by molar-refractivity contribution is -0.118. The summed E-state index contributed by atoms with van der Waals surface area (Å²) in [4.78, 5) is 15.0. The summed E-state index contributed by atoms with van der Waals surface area (Å²) in [7, 11) is 1.76. The first-order chi connectivity index (χ1) is 6.29. The van der Waals surface area contributed by atoms with Crippen LogP contribution < -0.4 is 15.4 Å². The Balaban J connectivity index is 2.38. The van der Waals surface area contributed by atoms with Gasteiger partial charge in [0.1, 0.15) is 5.82 Å². The minimum atomic E-state index is -0.173. The first kappa shape index (κ1) is 7.85. The van der Waals surface area contributed by atoms with E-state index in [-0.39, 0.29) is 12.5 Å². The number of amides is 1. The molecule has 0 aromatic carbocycles. The lowest BCUT2D eigenvalue weighted by Gasteiger charge is -2.16. The Hall–Kier alpha value is -1.78. The smallest absolute Gasteiger partial charge is 0.263 e. The van der Waals surface area contributed by atoms with Crippen LogP contribution in [0.1, 0.15) is 0 Å². The predicted molar refractivity (Wildman–Crippen MR) is 47.9 cm³/mol. The van der Waals surface area contributed by atoms with Gasteiger partial charge in [-0.2, -0.15) is 0 Å². The van der Waals surface area contributed by atoms with E-state index in [0.717, 1.165) is 0 Å². The molecule has 0 aliphatic carbocycles. The van der Waals surface area contributed by atoms with E-state index in [1.165, 1.54) is 0 Å². The average molecular weight is 179 g/mol. The minimum absolute atomic E-state index is 0.0631. The summed E-state index contributed by atoms with van der Waals surface area (Å²) in [5.41, 5.74) is 0. The summed E-state index contributed by atoms with van der Waals surface area (Å²) in [5.74, 6) is 1.61. The fourth-order valence-corrected chi connectivity index (χ4v) is 1.10. The van der Waals surface area contributed by atoms with Crippen LogP contribution in [0.15, 0.2) is 12.1 Å². The second kappa shape index (κ2) is 2.93. The summed E-state index contributed by atoms with van der Waals surface area (Å²) in [6, 6.07) is 3.56. The van der Waals surface area contributed by atoms with E-state index in [9.17, 15) is 4.79 Å². The van der Waals surface area contributed by atoms with Crippen LogP contribution in [0.25, 0.3) is 0 Å². The topological polar surface area (TPSA) is 63.2 Å². The molecule has 0 spiro atoms. The standard InChI is InChI=1S/C8H9N3O2/c1-9-6-3-2-5-8(10-6)11-7(12)4-13-5/h2-3H,4H2,1H3,(H2,9,10,11,12). The Morgan fingerprint density at radius 1 is 1.62 bits per heavy atom. The van der Waals surface area contributed by atoms with Crippen molar-refractivity contribution < 1.29 is 9.53 Å². The highest BCUT2D eigenvalue weighted by molar-refractivity contribution is 5.94. The van der Waals surface area contributed by atoms with Crippen LogP contribution in [-0.4, -0.2) is 24.5 Å². The Morgan fingerprint density at radius 3 is 3.23 bits per heavy atom. The van der Waals surface area contributed by atoms with E-state index in [1.807, 2.05) is 0 Å². The molecule has 0 atom stereocenters. The third-order valence-electron chi connectivity index (χ3n) is 1.73. The SMILES string of the molecule is CNc1ccc2c(n1)NC(=O)CO2. The highest BCUT2D eigenvalue weighted by Crippen LogP contribution is 2.26. The number of anilines is 2. The maximum Gasteiger partial charge on any atom is 0.263 e. The van der Waals surface area contributed by atoms with Crippen molar-refractivity contribution in [3.05, 3.63) is 12.1 Å². The van der Waals surface area contributed by atoms with Crippen molar-refractivity contribution in [2.75, 3.05) is 24.3 Å². The number of aromatic nitrogens is 1. The van der Waals surface area contributed by atoms with Crippen molar-refractivity contribution in [3.8, 4) is 5.75 Å². The predicted octanol–water partition coefficient (Wildman–Crippen LogP) is 0.454. The zero-order valence-corrected chi connectivity index (χ0v) is 7.13. The van der Waals surface area contributed by atoms with Gasteiger partial charge in [0.05, 0.1) is 0 Å². The molecule has 0 radical (unpaired) electrons. The lowest BCUT2D eigenvalue weighted by atomic mass is 10.3. The molecule has 68 valence electrons. The van der Waals surface area contributed by atoms with Crippen LogP contribution in [0.2, 0.25) is 0 Å². The largest absolute Gasteiger partial charge is 0.480 e. The number of hydrogen-bond donors (Lipinski definition) is 2. The van der Waals surface area contributed by atoms with Gasteiger partial charge in [-0.25, -0.2) is 4.98 Å². The molecule has 13 heavy (non-hydrogen) atoms. The van der Waals surface area contributed by atoms with Crippen molar-refractivity contribution in [1.82, 2.24) is 4.98 Å². The van der Waals surface area contributed by atoms with Gasteiger partial charge in [0.2, 0.25) is 0 Å². The van der Waals surface area contributed by atoms with E-state index in [0.29, 0.717) is 17.4 Å².